The van der Waals surface area contributed by atoms with Gasteiger partial charge in [-0.3, -0.25) is 9.59 Å². The molecule has 2 aliphatic rings. The summed E-state index contributed by atoms with van der Waals surface area (Å²) in [5, 5.41) is 5.55. The van der Waals surface area contributed by atoms with E-state index in [9.17, 15) is 19.2 Å². The minimum atomic E-state index is -0.685. The average Bonchev–Trinajstić information content (AvgIpc) is 3.39. The molecule has 0 bridgehead atoms. The number of imide groups is 1. The number of carbonyl (C=O) groups excluding carboxylic acids is 4. The zero-order valence-corrected chi connectivity index (χ0v) is 19.4. The average molecular weight is 476 g/mol. The molecule has 35 heavy (non-hydrogen) atoms. The Morgan fingerprint density at radius 1 is 1.06 bits per heavy atom. The topological polar surface area (TPSA) is 112 Å². The van der Waals surface area contributed by atoms with Crippen LogP contribution in [0.2, 0.25) is 0 Å². The van der Waals surface area contributed by atoms with Gasteiger partial charge in [0.25, 0.3) is 5.91 Å². The molecule has 1 aromatic heterocycles. The van der Waals surface area contributed by atoms with Crippen molar-refractivity contribution >= 4 is 35.2 Å². The third-order valence-corrected chi connectivity index (χ3v) is 5.69. The number of allylic oxidation sites excluding steroid dienone is 3. The predicted molar refractivity (Wildman–Crippen MR) is 129 cm³/mol. The highest BCUT2D eigenvalue weighted by molar-refractivity contribution is 6.26. The van der Waals surface area contributed by atoms with Crippen LogP contribution in [-0.4, -0.2) is 47.1 Å². The van der Waals surface area contributed by atoms with Gasteiger partial charge >= 0.3 is 11.9 Å². The van der Waals surface area contributed by atoms with Crippen LogP contribution in [0.25, 0.3) is 0 Å². The lowest BCUT2D eigenvalue weighted by Crippen LogP contribution is -2.56. The third-order valence-electron chi connectivity index (χ3n) is 5.69. The van der Waals surface area contributed by atoms with Crippen molar-refractivity contribution in [2.24, 2.45) is 5.92 Å². The Labute approximate surface area is 202 Å². The first-order valence-corrected chi connectivity index (χ1v) is 11.5. The zero-order chi connectivity index (χ0) is 24.8. The van der Waals surface area contributed by atoms with Gasteiger partial charge in [-0.25, -0.2) is 4.79 Å². The molecule has 1 aromatic carbocycles. The Hall–Kier alpha value is -4.27. The molecule has 0 fully saturated rings. The molecule has 180 valence electrons. The number of benzene rings is 1. The van der Waals surface area contributed by atoms with Crippen LogP contribution >= 0.6 is 0 Å². The molecule has 2 heterocycles. The first-order valence-electron chi connectivity index (χ1n) is 11.5. The summed E-state index contributed by atoms with van der Waals surface area (Å²) in [5.41, 5.74) is 1.60. The maximum atomic E-state index is 13.4. The first kappa shape index (κ1) is 23.9. The van der Waals surface area contributed by atoms with Crippen LogP contribution in [0.4, 0.5) is 10.5 Å². The van der Waals surface area contributed by atoms with Gasteiger partial charge in [0, 0.05) is 6.54 Å². The molecule has 2 aromatic rings. The number of urea groups is 1. The summed E-state index contributed by atoms with van der Waals surface area (Å²) in [6, 6.07) is 9.57. The number of hydrogen-bond acceptors (Lipinski definition) is 5. The summed E-state index contributed by atoms with van der Waals surface area (Å²) < 4.78 is 6.54. The lowest BCUT2D eigenvalue weighted by molar-refractivity contribution is -0.417. The van der Waals surface area contributed by atoms with Crippen molar-refractivity contribution in [3.05, 3.63) is 78.3 Å². The van der Waals surface area contributed by atoms with Gasteiger partial charge in [0.1, 0.15) is 23.1 Å². The highest BCUT2D eigenvalue weighted by atomic mass is 16.3. The minimum absolute atomic E-state index is 0.0881. The van der Waals surface area contributed by atoms with Crippen LogP contribution in [0, 0.1) is 5.92 Å². The van der Waals surface area contributed by atoms with Gasteiger partial charge in [0.05, 0.1) is 19.2 Å². The standard InChI is InChI=1S/C26H26N4O5/c1-2-13-27-23(31)15-18-9-11-19(12-10-18)30-25(33)21-7-3-4-8-22(21)29(26(30)34)17-24(32)28-16-20-6-5-14-35-20/h3-12,14,21H,2,13,15-17H2,1H3,(H-,27,28,31,32)/p+1. The van der Waals surface area contributed by atoms with Gasteiger partial charge < -0.3 is 15.1 Å². The number of amides is 5. The van der Waals surface area contributed by atoms with E-state index >= 15 is 0 Å². The lowest BCUT2D eigenvalue weighted by Gasteiger charge is -2.26. The van der Waals surface area contributed by atoms with Crippen molar-refractivity contribution < 1.29 is 28.2 Å². The van der Waals surface area contributed by atoms with E-state index in [1.807, 2.05) is 6.92 Å². The largest absolute Gasteiger partial charge is 0.506 e. The number of furan rings is 1. The summed E-state index contributed by atoms with van der Waals surface area (Å²) >= 11 is 0. The molecule has 0 radical (unpaired) electrons. The Bertz CT molecular complexity index is 1210. The van der Waals surface area contributed by atoms with Crippen LogP contribution in [0.3, 0.4) is 0 Å². The fourth-order valence-corrected chi connectivity index (χ4v) is 3.93. The second-order valence-corrected chi connectivity index (χ2v) is 8.24. The number of hydrogen-bond donors (Lipinski definition) is 2. The Kier molecular flexibility index (Phi) is 7.35. The van der Waals surface area contributed by atoms with Gasteiger partial charge in [-0.15, -0.1) is 4.90 Å². The van der Waals surface area contributed by atoms with Crippen LogP contribution in [0.5, 0.6) is 0 Å². The molecule has 0 spiro atoms. The minimum Gasteiger partial charge on any atom is -0.467 e. The van der Waals surface area contributed by atoms with Crippen LogP contribution < -0.4 is 15.5 Å². The summed E-state index contributed by atoms with van der Waals surface area (Å²) in [5.74, 6) is -0.961. The third kappa shape index (κ3) is 5.46. The first-order chi connectivity index (χ1) is 17.0. The Morgan fingerprint density at radius 2 is 1.86 bits per heavy atom. The van der Waals surface area contributed by atoms with Gasteiger partial charge in [-0.05, 0) is 42.3 Å². The van der Waals surface area contributed by atoms with E-state index in [-0.39, 0.29) is 31.3 Å². The fourth-order valence-electron chi connectivity index (χ4n) is 3.93. The number of anilines is 1. The summed E-state index contributed by atoms with van der Waals surface area (Å²) in [6.07, 6.45) is 9.43. The summed E-state index contributed by atoms with van der Waals surface area (Å²) in [4.78, 5) is 52.4. The summed E-state index contributed by atoms with van der Waals surface area (Å²) in [6.45, 7) is 2.54. The van der Waals surface area contributed by atoms with E-state index < -0.39 is 17.9 Å². The monoisotopic (exact) mass is 475 g/mol. The van der Waals surface area contributed by atoms with Gasteiger partial charge in [-0.1, -0.05) is 37.3 Å². The van der Waals surface area contributed by atoms with Crippen LogP contribution in [-0.2, 0) is 27.3 Å². The quantitative estimate of drug-likeness (QED) is 0.541. The fraction of sp³-hybridized carbons (Fsp3) is 0.269. The van der Waals surface area contributed by atoms with Gasteiger partial charge in [0.2, 0.25) is 5.91 Å². The lowest BCUT2D eigenvalue weighted by atomic mass is 9.94. The Balaban J connectivity index is 1.53. The van der Waals surface area contributed by atoms with Crippen LogP contribution in [0.1, 0.15) is 24.7 Å². The van der Waals surface area contributed by atoms with Crippen molar-refractivity contribution in [2.45, 2.75) is 26.3 Å². The number of nitrogens with one attached hydrogen (secondary N) is 2. The highest BCUT2D eigenvalue weighted by Gasteiger charge is 2.48. The molecule has 1 aliphatic carbocycles. The molecule has 1 unspecified atom stereocenters. The van der Waals surface area contributed by atoms with Gasteiger partial charge in [-0.2, -0.15) is 9.37 Å². The molecular formula is C26H27N4O5+. The number of carbonyl (C=O) groups is 4. The smallest absolute Gasteiger partial charge is 0.467 e. The maximum absolute atomic E-state index is 13.4. The molecule has 2 N–H and O–H groups in total. The van der Waals surface area contributed by atoms with Crippen molar-refractivity contribution in [1.82, 2.24) is 10.6 Å². The summed E-state index contributed by atoms with van der Waals surface area (Å²) in [7, 11) is 0. The predicted octanol–water partition coefficient (Wildman–Crippen LogP) is 2.33. The van der Waals surface area contributed by atoms with E-state index in [1.165, 1.54) is 10.8 Å². The number of rotatable bonds is 9. The Morgan fingerprint density at radius 3 is 2.57 bits per heavy atom. The van der Waals surface area contributed by atoms with E-state index in [0.29, 0.717) is 23.7 Å². The molecule has 5 amide bonds. The molecule has 0 saturated heterocycles. The van der Waals surface area contributed by atoms with Crippen molar-refractivity contribution in [3.8, 4) is 0 Å². The van der Waals surface area contributed by atoms with E-state index in [4.69, 9.17) is 4.42 Å². The van der Waals surface area contributed by atoms with Crippen molar-refractivity contribution in [3.63, 3.8) is 0 Å². The van der Waals surface area contributed by atoms with E-state index in [2.05, 4.69) is 10.6 Å². The number of nitrogens with zero attached hydrogens (tertiary/aromatic N) is 2. The molecule has 4 rings (SSSR count). The normalized spacial score (nSPS) is 16.9. The second kappa shape index (κ2) is 10.8. The highest BCUT2D eigenvalue weighted by Crippen LogP contribution is 2.25. The second-order valence-electron chi connectivity index (χ2n) is 8.24. The maximum Gasteiger partial charge on any atom is 0.506 e. The molecule has 1 atom stereocenters. The van der Waals surface area contributed by atoms with Gasteiger partial charge in [0.15, 0.2) is 6.54 Å². The SMILES string of the molecule is CCCNC(=O)Cc1ccc(N2C(=O)C3C=CC=CC3=[N+](CC(=O)NCc3ccco3)C2=O)cc1. The van der Waals surface area contributed by atoms with Crippen LogP contribution in [0.15, 0.2) is 71.4 Å². The molecular weight excluding hydrogens is 448 g/mol. The van der Waals surface area contributed by atoms with E-state index in [1.54, 1.807) is 60.7 Å². The number of fused-ring (bicyclic) bond motifs is 1. The van der Waals surface area contributed by atoms with Crippen molar-refractivity contribution in [1.29, 1.82) is 0 Å². The molecule has 0 saturated carbocycles. The molecule has 1 aliphatic heterocycles. The molecule has 9 heteroatoms. The van der Waals surface area contributed by atoms with Crippen molar-refractivity contribution in [2.75, 3.05) is 18.0 Å². The van der Waals surface area contributed by atoms with E-state index in [0.717, 1.165) is 16.9 Å². The zero-order valence-electron chi connectivity index (χ0n) is 19.4. The molecule has 9 nitrogen and oxygen atoms in total.